The van der Waals surface area contributed by atoms with Crippen molar-refractivity contribution < 1.29 is 14.4 Å². The summed E-state index contributed by atoms with van der Waals surface area (Å²) in [5, 5.41) is 12.3. The Morgan fingerprint density at radius 3 is 2.71 bits per heavy atom. The Kier molecular flexibility index (Phi) is 2.15. The molecular weight excluding hydrogens is 184 g/mol. The summed E-state index contributed by atoms with van der Waals surface area (Å²) in [4.78, 5) is 10.8. The van der Waals surface area contributed by atoms with Gasteiger partial charge in [0, 0.05) is 0 Å². The number of nitrogen functional groups attached to an aromatic ring is 1. The molecule has 0 aromatic carbocycles. The maximum Gasteiger partial charge on any atom is 0.358 e. The fraction of sp³-hybridized carbons (Fsp3) is 0.556. The number of carboxylic acids is 1. The summed E-state index contributed by atoms with van der Waals surface area (Å²) in [7, 11) is 0. The van der Waals surface area contributed by atoms with Gasteiger partial charge >= 0.3 is 5.97 Å². The molecule has 5 heteroatoms. The Morgan fingerprint density at radius 2 is 2.14 bits per heavy atom. The second-order valence-electron chi connectivity index (χ2n) is 3.60. The highest BCUT2D eigenvalue weighted by molar-refractivity contribution is 5.88. The Balaban J connectivity index is 2.38. The van der Waals surface area contributed by atoms with Crippen LogP contribution in [0.25, 0.3) is 0 Å². The molecule has 1 fully saturated rings. The summed E-state index contributed by atoms with van der Waals surface area (Å²) < 4.78 is 4.72. The van der Waals surface area contributed by atoms with Gasteiger partial charge in [-0.1, -0.05) is 18.0 Å². The lowest BCUT2D eigenvalue weighted by molar-refractivity contribution is 0.0684. The van der Waals surface area contributed by atoms with Gasteiger partial charge in [0.15, 0.2) is 5.69 Å². The molecular formula is C9H12N2O3. The lowest BCUT2D eigenvalue weighted by Crippen LogP contribution is -2.05. The first kappa shape index (κ1) is 9.05. The van der Waals surface area contributed by atoms with E-state index >= 15 is 0 Å². The zero-order valence-electron chi connectivity index (χ0n) is 7.69. The average Bonchev–Trinajstić information content (AvgIpc) is 2.71. The Hall–Kier alpha value is -1.52. The van der Waals surface area contributed by atoms with Gasteiger partial charge < -0.3 is 15.4 Å². The standard InChI is InChI=1S/C9H12N2O3/c10-8-6(5-3-1-2-4-5)7(9(12)13)11-14-8/h5H,1-4,10H2,(H,12,13). The topological polar surface area (TPSA) is 89.4 Å². The van der Waals surface area contributed by atoms with Crippen molar-refractivity contribution in [3.05, 3.63) is 11.3 Å². The van der Waals surface area contributed by atoms with Gasteiger partial charge in [0.2, 0.25) is 5.88 Å². The zero-order chi connectivity index (χ0) is 10.1. The molecule has 1 heterocycles. The fourth-order valence-electron chi connectivity index (χ4n) is 2.07. The molecule has 0 atom stereocenters. The highest BCUT2D eigenvalue weighted by atomic mass is 16.5. The molecule has 1 aromatic heterocycles. The van der Waals surface area contributed by atoms with Crippen molar-refractivity contribution in [3.8, 4) is 0 Å². The molecule has 0 radical (unpaired) electrons. The summed E-state index contributed by atoms with van der Waals surface area (Å²) in [5.74, 6) is -0.686. The number of hydrogen-bond donors (Lipinski definition) is 2. The van der Waals surface area contributed by atoms with E-state index in [0.29, 0.717) is 5.56 Å². The van der Waals surface area contributed by atoms with Gasteiger partial charge in [-0.25, -0.2) is 4.79 Å². The van der Waals surface area contributed by atoms with Crippen LogP contribution in [0.5, 0.6) is 0 Å². The van der Waals surface area contributed by atoms with Crippen LogP contribution in [0.2, 0.25) is 0 Å². The van der Waals surface area contributed by atoms with E-state index in [2.05, 4.69) is 5.16 Å². The van der Waals surface area contributed by atoms with E-state index in [-0.39, 0.29) is 17.5 Å². The lowest BCUT2D eigenvalue weighted by Gasteiger charge is -2.06. The molecule has 1 saturated carbocycles. The Morgan fingerprint density at radius 1 is 1.50 bits per heavy atom. The molecule has 5 nitrogen and oxygen atoms in total. The minimum atomic E-state index is -1.06. The number of aromatic nitrogens is 1. The van der Waals surface area contributed by atoms with Crippen LogP contribution in [0.3, 0.4) is 0 Å². The number of nitrogens with two attached hydrogens (primary N) is 1. The van der Waals surface area contributed by atoms with E-state index < -0.39 is 5.97 Å². The quantitative estimate of drug-likeness (QED) is 0.750. The van der Waals surface area contributed by atoms with E-state index in [0.717, 1.165) is 25.7 Å². The van der Waals surface area contributed by atoms with Gasteiger partial charge in [0.25, 0.3) is 0 Å². The van der Waals surface area contributed by atoms with E-state index in [1.165, 1.54) is 0 Å². The van der Waals surface area contributed by atoms with Crippen molar-refractivity contribution in [2.75, 3.05) is 5.73 Å². The summed E-state index contributed by atoms with van der Waals surface area (Å²) in [6.07, 6.45) is 4.19. The average molecular weight is 196 g/mol. The molecule has 14 heavy (non-hydrogen) atoms. The molecule has 0 aliphatic heterocycles. The number of aromatic carboxylic acids is 1. The molecule has 76 valence electrons. The van der Waals surface area contributed by atoms with Crippen LogP contribution < -0.4 is 5.73 Å². The lowest BCUT2D eigenvalue weighted by atomic mass is 9.97. The second kappa shape index (κ2) is 3.32. The van der Waals surface area contributed by atoms with Gasteiger partial charge in [-0.05, 0) is 18.8 Å². The van der Waals surface area contributed by atoms with Crippen molar-refractivity contribution in [2.45, 2.75) is 31.6 Å². The second-order valence-corrected chi connectivity index (χ2v) is 3.60. The predicted octanol–water partition coefficient (Wildman–Crippen LogP) is 1.61. The highest BCUT2D eigenvalue weighted by Crippen LogP contribution is 2.38. The number of anilines is 1. The third-order valence-electron chi connectivity index (χ3n) is 2.72. The molecule has 1 aliphatic carbocycles. The van der Waals surface area contributed by atoms with Crippen LogP contribution in [-0.4, -0.2) is 16.2 Å². The largest absolute Gasteiger partial charge is 0.476 e. The first-order valence-electron chi connectivity index (χ1n) is 4.68. The van der Waals surface area contributed by atoms with E-state index in [9.17, 15) is 4.79 Å². The molecule has 1 aromatic rings. The minimum absolute atomic E-state index is 0.0191. The third-order valence-corrected chi connectivity index (χ3v) is 2.72. The fourth-order valence-corrected chi connectivity index (χ4v) is 2.07. The van der Waals surface area contributed by atoms with E-state index in [1.807, 2.05) is 0 Å². The van der Waals surface area contributed by atoms with Gasteiger partial charge in [-0.2, -0.15) is 0 Å². The Labute approximate surface area is 80.9 Å². The smallest absolute Gasteiger partial charge is 0.358 e. The van der Waals surface area contributed by atoms with Gasteiger partial charge in [-0.3, -0.25) is 0 Å². The summed E-state index contributed by atoms with van der Waals surface area (Å²) in [5.41, 5.74) is 6.14. The van der Waals surface area contributed by atoms with Crippen LogP contribution in [0.15, 0.2) is 4.52 Å². The predicted molar refractivity (Wildman–Crippen MR) is 49.1 cm³/mol. The third kappa shape index (κ3) is 1.34. The number of carbonyl (C=O) groups is 1. The SMILES string of the molecule is Nc1onc(C(=O)O)c1C1CCCC1. The van der Waals surface area contributed by atoms with Gasteiger partial charge in [0.05, 0.1) is 5.56 Å². The van der Waals surface area contributed by atoms with Crippen LogP contribution >= 0.6 is 0 Å². The first-order valence-corrected chi connectivity index (χ1v) is 4.68. The minimum Gasteiger partial charge on any atom is -0.476 e. The molecule has 0 unspecified atom stereocenters. The number of nitrogens with zero attached hydrogens (tertiary/aromatic N) is 1. The van der Waals surface area contributed by atoms with E-state index in [1.54, 1.807) is 0 Å². The van der Waals surface area contributed by atoms with Crippen molar-refractivity contribution in [3.63, 3.8) is 0 Å². The number of hydrogen-bond acceptors (Lipinski definition) is 4. The summed E-state index contributed by atoms with van der Waals surface area (Å²) >= 11 is 0. The number of carboxylic acid groups (broad SMARTS) is 1. The highest BCUT2D eigenvalue weighted by Gasteiger charge is 2.28. The molecule has 2 rings (SSSR count). The van der Waals surface area contributed by atoms with Crippen LogP contribution in [-0.2, 0) is 0 Å². The number of rotatable bonds is 2. The summed E-state index contributed by atoms with van der Waals surface area (Å²) in [6.45, 7) is 0. The molecule has 0 spiro atoms. The van der Waals surface area contributed by atoms with Crippen molar-refractivity contribution >= 4 is 11.9 Å². The van der Waals surface area contributed by atoms with Crippen molar-refractivity contribution in [1.82, 2.24) is 5.16 Å². The van der Waals surface area contributed by atoms with Crippen molar-refractivity contribution in [2.24, 2.45) is 0 Å². The maximum absolute atomic E-state index is 10.8. The van der Waals surface area contributed by atoms with Gasteiger partial charge in [-0.15, -0.1) is 0 Å². The normalized spacial score (nSPS) is 17.4. The first-order chi connectivity index (χ1) is 6.70. The molecule has 0 saturated heterocycles. The van der Waals surface area contributed by atoms with Crippen LogP contribution in [0.4, 0.5) is 5.88 Å². The molecule has 1 aliphatic rings. The maximum atomic E-state index is 10.8. The van der Waals surface area contributed by atoms with Crippen LogP contribution in [0, 0.1) is 0 Å². The van der Waals surface area contributed by atoms with Crippen LogP contribution in [0.1, 0.15) is 47.7 Å². The molecule has 0 amide bonds. The van der Waals surface area contributed by atoms with E-state index in [4.69, 9.17) is 15.4 Å². The van der Waals surface area contributed by atoms with Gasteiger partial charge in [0.1, 0.15) is 0 Å². The molecule has 3 N–H and O–H groups in total. The zero-order valence-corrected chi connectivity index (χ0v) is 7.69. The molecule has 0 bridgehead atoms. The monoisotopic (exact) mass is 196 g/mol. The Bertz CT molecular complexity index is 353. The van der Waals surface area contributed by atoms with Crippen molar-refractivity contribution in [1.29, 1.82) is 0 Å². The summed E-state index contributed by atoms with van der Waals surface area (Å²) in [6, 6.07) is 0.